The molecule has 5 aromatic heterocycles. The van der Waals surface area contributed by atoms with Gasteiger partial charge in [0.05, 0.1) is 73.2 Å². The quantitative estimate of drug-likeness (QED) is 0.171. The van der Waals surface area contributed by atoms with Crippen molar-refractivity contribution >= 4 is 65.4 Å². The summed E-state index contributed by atoms with van der Waals surface area (Å²) >= 11 is 0. The Morgan fingerprint density at radius 2 is 0.753 bits per heavy atom. The monoisotopic (exact) mass is 1030 g/mol. The average Bonchev–Trinajstić information content (AvgIpc) is 4.05. The first-order valence-corrected chi connectivity index (χ1v) is 27.1. The average molecular weight is 1030 g/mol. The van der Waals surface area contributed by atoms with Crippen LogP contribution in [0.4, 0.5) is 0 Å². The van der Waals surface area contributed by atoms with E-state index in [0.29, 0.717) is 11.1 Å². The highest BCUT2D eigenvalue weighted by Crippen LogP contribution is 2.62. The molecule has 6 heterocycles. The Hall–Kier alpha value is -11.3. The summed E-state index contributed by atoms with van der Waals surface area (Å²) < 4.78 is 14.1. The molecule has 0 saturated heterocycles. The second-order valence-electron chi connectivity index (χ2n) is 21.1. The summed E-state index contributed by atoms with van der Waals surface area (Å²) in [5.74, 6) is 1.50. The van der Waals surface area contributed by atoms with Crippen molar-refractivity contribution in [1.29, 1.82) is 10.5 Å². The normalized spacial score (nSPS) is 12.9. The lowest BCUT2D eigenvalue weighted by atomic mass is 9.66. The Morgan fingerprint density at radius 1 is 0.321 bits per heavy atom. The second-order valence-corrected chi connectivity index (χ2v) is 21.1. The lowest BCUT2D eigenvalue weighted by Gasteiger charge is -2.39. The molecule has 0 saturated carbocycles. The third-order valence-electron chi connectivity index (χ3n) is 17.1. The first kappa shape index (κ1) is 44.8. The molecule has 10 aromatic carbocycles. The van der Waals surface area contributed by atoms with E-state index in [2.05, 4.69) is 214 Å². The van der Waals surface area contributed by atoms with Gasteiger partial charge in [-0.2, -0.15) is 10.5 Å². The van der Waals surface area contributed by atoms with Gasteiger partial charge in [-0.05, 0) is 173 Å². The van der Waals surface area contributed by atoms with E-state index in [9.17, 15) is 10.5 Å². The predicted molar refractivity (Wildman–Crippen MR) is 323 cm³/mol. The highest BCUT2D eigenvalue weighted by molar-refractivity contribution is 6.13. The minimum Gasteiger partial charge on any atom is -0.457 e. The van der Waals surface area contributed by atoms with Crippen LogP contribution in [0, 0.1) is 22.7 Å². The number of hydrogen-bond donors (Lipinski definition) is 0. The van der Waals surface area contributed by atoms with Gasteiger partial charge in [-0.1, -0.05) is 97.1 Å². The standard InChI is InChI=1S/C73H41N7O/c74-42-44-18-29-65-55(36-44)58-39-47(22-32-67(58)78(65)50-10-2-1-3-11-50)49-20-28-59-70(41-49)81-69-33-23-48(40-62(69)73(59)60-14-8-34-76-71(60)72-61(73)15-9-35-77-72)46-21-31-68-57(38-46)56-37-45(43-75)19-30-66(56)80(68)52-26-24-51(25-27-52)79-63-16-6-4-12-53(63)54-13-5-7-17-64(54)79/h1-41H. The fourth-order valence-electron chi connectivity index (χ4n) is 13.6. The topological polar surface area (TPSA) is 97.4 Å². The summed E-state index contributed by atoms with van der Waals surface area (Å²) in [7, 11) is 0. The van der Waals surface area contributed by atoms with Crippen molar-refractivity contribution in [2.24, 2.45) is 0 Å². The third-order valence-corrected chi connectivity index (χ3v) is 17.1. The number of nitrogens with zero attached hydrogens (tertiary/aromatic N) is 7. The summed E-state index contributed by atoms with van der Waals surface area (Å²) in [6.45, 7) is 0. The van der Waals surface area contributed by atoms with E-state index < -0.39 is 5.41 Å². The number of ether oxygens (including phenoxy) is 1. The Kier molecular flexibility index (Phi) is 9.31. The third kappa shape index (κ3) is 6.27. The summed E-state index contributed by atoms with van der Waals surface area (Å²) in [6.07, 6.45) is 3.70. The molecule has 15 aromatic rings. The Bertz CT molecular complexity index is 5200. The fraction of sp³-hybridized carbons (Fsp3) is 0.0137. The van der Waals surface area contributed by atoms with Crippen LogP contribution in [0.15, 0.2) is 249 Å². The van der Waals surface area contributed by atoms with Crippen LogP contribution in [0.2, 0.25) is 0 Å². The maximum absolute atomic E-state index is 10.2. The first-order chi connectivity index (χ1) is 40.0. The zero-order chi connectivity index (χ0) is 53.5. The van der Waals surface area contributed by atoms with E-state index >= 15 is 0 Å². The molecular formula is C73H41N7O. The molecule has 17 rings (SSSR count). The van der Waals surface area contributed by atoms with Crippen molar-refractivity contribution in [3.8, 4) is 74.3 Å². The maximum Gasteiger partial charge on any atom is 0.132 e. The van der Waals surface area contributed by atoms with Gasteiger partial charge < -0.3 is 18.4 Å². The van der Waals surface area contributed by atoms with Gasteiger partial charge in [0.15, 0.2) is 0 Å². The molecule has 0 atom stereocenters. The molecule has 374 valence electrons. The number of benzene rings is 10. The van der Waals surface area contributed by atoms with Gasteiger partial charge in [-0.15, -0.1) is 0 Å². The zero-order valence-electron chi connectivity index (χ0n) is 43.2. The van der Waals surface area contributed by atoms with Crippen molar-refractivity contribution in [1.82, 2.24) is 23.7 Å². The van der Waals surface area contributed by atoms with Crippen molar-refractivity contribution < 1.29 is 4.74 Å². The van der Waals surface area contributed by atoms with Gasteiger partial charge in [-0.25, -0.2) is 0 Å². The lowest BCUT2D eigenvalue weighted by molar-refractivity contribution is 0.436. The first-order valence-electron chi connectivity index (χ1n) is 27.1. The molecule has 1 spiro atoms. The van der Waals surface area contributed by atoms with Gasteiger partial charge in [0.1, 0.15) is 11.5 Å². The Morgan fingerprint density at radius 3 is 1.30 bits per heavy atom. The molecule has 81 heavy (non-hydrogen) atoms. The van der Waals surface area contributed by atoms with Crippen LogP contribution in [0.3, 0.4) is 0 Å². The number of fused-ring (bicyclic) bond motifs is 18. The van der Waals surface area contributed by atoms with Crippen molar-refractivity contribution in [2.45, 2.75) is 5.41 Å². The lowest BCUT2D eigenvalue weighted by Crippen LogP contribution is -2.32. The predicted octanol–water partition coefficient (Wildman–Crippen LogP) is 17.3. The smallest absolute Gasteiger partial charge is 0.132 e. The number of nitriles is 2. The van der Waals surface area contributed by atoms with Crippen LogP contribution >= 0.6 is 0 Å². The molecule has 0 radical (unpaired) electrons. The molecule has 1 aliphatic carbocycles. The number of pyridine rings is 2. The van der Waals surface area contributed by atoms with Gasteiger partial charge >= 0.3 is 0 Å². The molecule has 8 heteroatoms. The van der Waals surface area contributed by atoms with E-state index in [1.807, 2.05) is 60.9 Å². The van der Waals surface area contributed by atoms with Crippen molar-refractivity contribution in [2.75, 3.05) is 0 Å². The van der Waals surface area contributed by atoms with Crippen LogP contribution in [-0.4, -0.2) is 23.7 Å². The van der Waals surface area contributed by atoms with Gasteiger partial charge in [0.2, 0.25) is 0 Å². The molecule has 8 nitrogen and oxygen atoms in total. The highest BCUT2D eigenvalue weighted by atomic mass is 16.5. The highest BCUT2D eigenvalue weighted by Gasteiger charge is 2.52. The Balaban J connectivity index is 0.810. The summed E-state index contributed by atoms with van der Waals surface area (Å²) in [6, 6.07) is 88.0. The van der Waals surface area contributed by atoms with Gasteiger partial charge in [-0.3, -0.25) is 9.97 Å². The van der Waals surface area contributed by atoms with Crippen LogP contribution < -0.4 is 4.74 Å². The molecule has 0 fully saturated rings. The summed E-state index contributed by atoms with van der Waals surface area (Å²) in [5.41, 5.74) is 20.0. The van der Waals surface area contributed by atoms with Crippen LogP contribution in [0.1, 0.15) is 33.4 Å². The minimum absolute atomic E-state index is 0.606. The molecule has 2 aliphatic rings. The minimum atomic E-state index is -0.821. The van der Waals surface area contributed by atoms with Crippen LogP contribution in [0.25, 0.3) is 116 Å². The second kappa shape index (κ2) is 16.8. The summed E-state index contributed by atoms with van der Waals surface area (Å²) in [4.78, 5) is 10.1. The van der Waals surface area contributed by atoms with E-state index in [-0.39, 0.29) is 0 Å². The van der Waals surface area contributed by atoms with Crippen LogP contribution in [0.5, 0.6) is 11.5 Å². The number of aromatic nitrogens is 5. The van der Waals surface area contributed by atoms with Crippen LogP contribution in [-0.2, 0) is 5.41 Å². The molecule has 0 N–H and O–H groups in total. The number of para-hydroxylation sites is 3. The molecule has 0 amide bonds. The Labute approximate surface area is 464 Å². The van der Waals surface area contributed by atoms with E-state index in [1.165, 1.54) is 21.8 Å². The number of hydrogen-bond acceptors (Lipinski definition) is 5. The molecule has 0 bridgehead atoms. The van der Waals surface area contributed by atoms with E-state index in [4.69, 9.17) is 14.7 Å². The van der Waals surface area contributed by atoms with Gasteiger partial charge in [0, 0.05) is 72.9 Å². The van der Waals surface area contributed by atoms with Crippen molar-refractivity contribution in [3.63, 3.8) is 0 Å². The molecule has 1 aliphatic heterocycles. The summed E-state index contributed by atoms with van der Waals surface area (Å²) in [5, 5.41) is 26.8. The maximum atomic E-state index is 10.2. The SMILES string of the molecule is N#Cc1ccc2c(c1)c1cc(-c3ccc4c(c3)Oc3ccc(-c5ccc6c(c5)c5cc(C#N)ccc5n6-c5ccc(-n6c7ccccc7c7ccccc76)cc5)cc3C43c4cccnc4-c4ncccc43)ccc1n2-c1ccccc1. The molecular weight excluding hydrogens is 991 g/mol. The molecule has 0 unspecified atom stereocenters. The van der Waals surface area contributed by atoms with E-state index in [0.717, 1.165) is 128 Å². The van der Waals surface area contributed by atoms with Gasteiger partial charge in [0.25, 0.3) is 0 Å². The largest absolute Gasteiger partial charge is 0.457 e. The fourth-order valence-corrected chi connectivity index (χ4v) is 13.6. The van der Waals surface area contributed by atoms with Crippen molar-refractivity contribution in [3.05, 3.63) is 282 Å². The zero-order valence-corrected chi connectivity index (χ0v) is 43.2. The van der Waals surface area contributed by atoms with E-state index in [1.54, 1.807) is 0 Å². The number of rotatable bonds is 5.